The quantitative estimate of drug-likeness (QED) is 0.699. The number of pyridine rings is 1. The zero-order valence-corrected chi connectivity index (χ0v) is 11.4. The number of benzene rings is 2. The molecule has 4 rings (SSSR count). The predicted octanol–water partition coefficient (Wildman–Crippen LogP) is 2.33. The summed E-state index contributed by atoms with van der Waals surface area (Å²) >= 11 is 0. The van der Waals surface area contributed by atoms with Crippen molar-refractivity contribution in [2.75, 3.05) is 4.90 Å². The van der Waals surface area contributed by atoms with Crippen LogP contribution in [0.5, 0.6) is 0 Å². The summed E-state index contributed by atoms with van der Waals surface area (Å²) in [6.07, 6.45) is 1.60. The molecule has 22 heavy (non-hydrogen) atoms. The normalized spacial score (nSPS) is 13.7. The summed E-state index contributed by atoms with van der Waals surface area (Å²) in [5.41, 5.74) is 1.04. The van der Waals surface area contributed by atoms with Crippen LogP contribution in [0.3, 0.4) is 0 Å². The van der Waals surface area contributed by atoms with E-state index in [1.54, 1.807) is 48.7 Å². The van der Waals surface area contributed by atoms with Crippen molar-refractivity contribution >= 4 is 28.3 Å². The van der Waals surface area contributed by atoms with Crippen LogP contribution < -0.4 is 10.5 Å². The van der Waals surface area contributed by atoms with E-state index >= 15 is 0 Å². The number of imide groups is 1. The highest BCUT2D eigenvalue weighted by Gasteiger charge is 2.36. The Morgan fingerprint density at radius 2 is 1.45 bits per heavy atom. The zero-order chi connectivity index (χ0) is 15.3. The van der Waals surface area contributed by atoms with E-state index in [4.69, 9.17) is 0 Å². The minimum absolute atomic E-state index is 0.230. The number of H-pyrrole nitrogens is 1. The van der Waals surface area contributed by atoms with E-state index < -0.39 is 0 Å². The van der Waals surface area contributed by atoms with Crippen molar-refractivity contribution in [1.29, 1.82) is 0 Å². The van der Waals surface area contributed by atoms with Crippen molar-refractivity contribution in [3.63, 3.8) is 0 Å². The van der Waals surface area contributed by atoms with Crippen LogP contribution in [0.15, 0.2) is 59.5 Å². The summed E-state index contributed by atoms with van der Waals surface area (Å²) in [6, 6.07) is 13.3. The van der Waals surface area contributed by atoms with Gasteiger partial charge in [-0.2, -0.15) is 0 Å². The van der Waals surface area contributed by atoms with E-state index in [0.29, 0.717) is 22.2 Å². The lowest BCUT2D eigenvalue weighted by molar-refractivity contribution is 0.0926. The van der Waals surface area contributed by atoms with Gasteiger partial charge in [-0.05, 0) is 35.0 Å². The molecule has 2 heterocycles. The molecule has 0 saturated heterocycles. The lowest BCUT2D eigenvalue weighted by atomic mass is 10.1. The van der Waals surface area contributed by atoms with Gasteiger partial charge in [0, 0.05) is 12.3 Å². The largest absolute Gasteiger partial charge is 0.328 e. The summed E-state index contributed by atoms with van der Waals surface area (Å²) in [4.78, 5) is 40.1. The number of fused-ring (bicyclic) bond motifs is 2. The number of rotatable bonds is 1. The van der Waals surface area contributed by atoms with Gasteiger partial charge in [0.2, 0.25) is 5.56 Å². The lowest BCUT2D eigenvalue weighted by Gasteiger charge is -2.14. The summed E-state index contributed by atoms with van der Waals surface area (Å²) in [6.45, 7) is 0. The number of amides is 2. The number of carbonyl (C=O) groups excluding carboxylic acids is 2. The number of anilines is 1. The monoisotopic (exact) mass is 290 g/mol. The smallest absolute Gasteiger partial charge is 0.266 e. The molecule has 0 bridgehead atoms. The van der Waals surface area contributed by atoms with E-state index in [1.807, 2.05) is 0 Å². The number of aromatic amines is 1. The first-order valence-corrected chi connectivity index (χ1v) is 6.75. The molecule has 2 amide bonds. The first kappa shape index (κ1) is 12.5. The summed E-state index contributed by atoms with van der Waals surface area (Å²) < 4.78 is 0. The summed E-state index contributed by atoms with van der Waals surface area (Å²) in [5.74, 6) is -0.686. The molecule has 0 radical (unpaired) electrons. The zero-order valence-electron chi connectivity index (χ0n) is 11.4. The molecule has 0 saturated carbocycles. The van der Waals surface area contributed by atoms with Crippen LogP contribution in [0.4, 0.5) is 5.69 Å². The number of hydrogen-bond donors (Lipinski definition) is 1. The van der Waals surface area contributed by atoms with Crippen molar-refractivity contribution in [3.05, 3.63) is 76.2 Å². The highest BCUT2D eigenvalue weighted by molar-refractivity contribution is 6.34. The van der Waals surface area contributed by atoms with E-state index in [0.717, 1.165) is 10.3 Å². The van der Waals surface area contributed by atoms with E-state index in [2.05, 4.69) is 4.98 Å². The predicted molar refractivity (Wildman–Crippen MR) is 82.2 cm³/mol. The molecule has 1 N–H and O–H groups in total. The highest BCUT2D eigenvalue weighted by Crippen LogP contribution is 2.29. The second-order valence-electron chi connectivity index (χ2n) is 5.10. The molecule has 5 nitrogen and oxygen atoms in total. The molecular weight excluding hydrogens is 280 g/mol. The molecule has 0 unspecified atom stereocenters. The standard InChI is InChI=1S/C17H10N2O3/c20-15-8-11-7-12(6-5-10(11)9-18-15)19-16(21)13-3-1-2-4-14(13)17(19)22/h1-9H,(H,18,20). The molecule has 0 fully saturated rings. The molecule has 0 aliphatic carbocycles. The first-order valence-electron chi connectivity index (χ1n) is 6.75. The molecule has 0 spiro atoms. The SMILES string of the molecule is O=C1c2ccccc2C(=O)N1c1ccc2c[nH]c(=O)cc2c1. The molecular formula is C17H10N2O3. The molecule has 106 valence electrons. The average molecular weight is 290 g/mol. The first-order chi connectivity index (χ1) is 10.6. The minimum atomic E-state index is -0.343. The molecule has 1 aliphatic heterocycles. The Morgan fingerprint density at radius 3 is 2.14 bits per heavy atom. The summed E-state index contributed by atoms with van der Waals surface area (Å²) in [7, 11) is 0. The van der Waals surface area contributed by atoms with Gasteiger partial charge >= 0.3 is 0 Å². The third-order valence-electron chi connectivity index (χ3n) is 3.78. The maximum atomic E-state index is 12.4. The van der Waals surface area contributed by atoms with Gasteiger partial charge in [-0.25, -0.2) is 4.90 Å². The molecule has 1 aliphatic rings. The molecule has 0 atom stereocenters. The molecule has 3 aromatic rings. The van der Waals surface area contributed by atoms with Gasteiger partial charge in [0.05, 0.1) is 16.8 Å². The van der Waals surface area contributed by atoms with E-state index in [9.17, 15) is 14.4 Å². The Bertz CT molecular complexity index is 969. The third kappa shape index (κ3) is 1.69. The Balaban J connectivity index is 1.88. The van der Waals surface area contributed by atoms with Gasteiger partial charge < -0.3 is 4.98 Å². The molecule has 1 aromatic heterocycles. The molecule has 2 aromatic carbocycles. The van der Waals surface area contributed by atoms with Crippen molar-refractivity contribution in [2.45, 2.75) is 0 Å². The van der Waals surface area contributed by atoms with Gasteiger partial charge in [-0.3, -0.25) is 14.4 Å². The maximum absolute atomic E-state index is 12.4. The van der Waals surface area contributed by atoms with E-state index in [1.165, 1.54) is 6.07 Å². The van der Waals surface area contributed by atoms with Gasteiger partial charge in [-0.15, -0.1) is 0 Å². The van der Waals surface area contributed by atoms with Crippen LogP contribution in [0.2, 0.25) is 0 Å². The fraction of sp³-hybridized carbons (Fsp3) is 0. The van der Waals surface area contributed by atoms with E-state index in [-0.39, 0.29) is 17.4 Å². The van der Waals surface area contributed by atoms with Crippen molar-refractivity contribution < 1.29 is 9.59 Å². The number of hydrogen-bond acceptors (Lipinski definition) is 3. The maximum Gasteiger partial charge on any atom is 0.266 e. The summed E-state index contributed by atoms with van der Waals surface area (Å²) in [5, 5.41) is 1.51. The Morgan fingerprint density at radius 1 is 0.773 bits per heavy atom. The van der Waals surface area contributed by atoms with Crippen molar-refractivity contribution in [3.8, 4) is 0 Å². The van der Waals surface area contributed by atoms with Gasteiger partial charge in [0.1, 0.15) is 0 Å². The Labute approximate surface area is 124 Å². The van der Waals surface area contributed by atoms with Crippen LogP contribution in [-0.2, 0) is 0 Å². The van der Waals surface area contributed by atoms with Gasteiger partial charge in [0.15, 0.2) is 0 Å². The van der Waals surface area contributed by atoms with Crippen LogP contribution in [0.25, 0.3) is 10.8 Å². The van der Waals surface area contributed by atoms with Crippen LogP contribution in [0.1, 0.15) is 20.7 Å². The number of carbonyl (C=O) groups is 2. The van der Waals surface area contributed by atoms with Gasteiger partial charge in [0.25, 0.3) is 11.8 Å². The van der Waals surface area contributed by atoms with Crippen molar-refractivity contribution in [2.24, 2.45) is 0 Å². The van der Waals surface area contributed by atoms with Crippen molar-refractivity contribution in [1.82, 2.24) is 4.98 Å². The fourth-order valence-electron chi connectivity index (χ4n) is 2.71. The number of aromatic nitrogens is 1. The third-order valence-corrected chi connectivity index (χ3v) is 3.78. The van der Waals surface area contributed by atoms with Crippen LogP contribution in [-0.4, -0.2) is 16.8 Å². The minimum Gasteiger partial charge on any atom is -0.328 e. The highest BCUT2D eigenvalue weighted by atomic mass is 16.2. The number of nitrogens with zero attached hydrogens (tertiary/aromatic N) is 1. The fourth-order valence-corrected chi connectivity index (χ4v) is 2.71. The van der Waals surface area contributed by atoms with Crippen LogP contribution >= 0.6 is 0 Å². The average Bonchev–Trinajstić information content (AvgIpc) is 2.79. The van der Waals surface area contributed by atoms with Gasteiger partial charge in [-0.1, -0.05) is 18.2 Å². The Hall–Kier alpha value is -3.21. The number of nitrogens with one attached hydrogen (secondary N) is 1. The second-order valence-corrected chi connectivity index (χ2v) is 5.10. The lowest BCUT2D eigenvalue weighted by Crippen LogP contribution is -2.29. The second kappa shape index (κ2) is 4.39. The Kier molecular flexibility index (Phi) is 2.50. The topological polar surface area (TPSA) is 70.2 Å². The van der Waals surface area contributed by atoms with Crippen LogP contribution in [0, 0.1) is 0 Å². The molecule has 5 heteroatoms.